The molecule has 1 fully saturated rings. The molecule has 3 rings (SSSR count). The molecule has 0 aromatic heterocycles. The monoisotopic (exact) mass is 355 g/mol. The smallest absolute Gasteiger partial charge is 0.238 e. The van der Waals surface area contributed by atoms with E-state index in [2.05, 4.69) is 53.2 Å². The highest BCUT2D eigenvalue weighted by Crippen LogP contribution is 2.22. The summed E-state index contributed by atoms with van der Waals surface area (Å²) in [5, 5.41) is 2.83. The maximum absolute atomic E-state index is 13.4. The number of rotatable bonds is 4. The molecule has 1 aliphatic heterocycles. The van der Waals surface area contributed by atoms with Gasteiger partial charge in [0.25, 0.3) is 0 Å². The molecule has 0 bridgehead atoms. The number of anilines is 2. The normalized spacial score (nSPS) is 18.0. The lowest BCUT2D eigenvalue weighted by Crippen LogP contribution is -2.53. The number of piperazine rings is 1. The van der Waals surface area contributed by atoms with Gasteiger partial charge in [0.1, 0.15) is 5.82 Å². The molecule has 0 spiro atoms. The third-order valence-corrected chi connectivity index (χ3v) is 4.89. The lowest BCUT2D eigenvalue weighted by atomic mass is 10.1. The van der Waals surface area contributed by atoms with Crippen LogP contribution in [-0.2, 0) is 4.79 Å². The van der Waals surface area contributed by atoms with E-state index in [4.69, 9.17) is 0 Å². The zero-order valence-corrected chi connectivity index (χ0v) is 15.6. The van der Waals surface area contributed by atoms with Gasteiger partial charge in [-0.2, -0.15) is 0 Å². The van der Waals surface area contributed by atoms with E-state index in [-0.39, 0.29) is 11.7 Å². The fraction of sp³-hybridized carbons (Fsp3) is 0.381. The van der Waals surface area contributed by atoms with Gasteiger partial charge in [0.15, 0.2) is 0 Å². The maximum Gasteiger partial charge on any atom is 0.238 e. The molecule has 1 saturated heterocycles. The molecule has 0 radical (unpaired) electrons. The Bertz CT molecular complexity index is 793. The lowest BCUT2D eigenvalue weighted by Gasteiger charge is -2.41. The van der Waals surface area contributed by atoms with E-state index >= 15 is 0 Å². The highest BCUT2D eigenvalue weighted by Gasteiger charge is 2.25. The molecule has 0 unspecified atom stereocenters. The fourth-order valence-electron chi connectivity index (χ4n) is 3.49. The van der Waals surface area contributed by atoms with E-state index in [1.165, 1.54) is 23.4 Å². The second-order valence-corrected chi connectivity index (χ2v) is 7.12. The zero-order chi connectivity index (χ0) is 18.7. The minimum Gasteiger partial charge on any atom is -0.366 e. The number of hydrogen-bond donors (Lipinski definition) is 1. The molecular weight excluding hydrogens is 329 g/mol. The Labute approximate surface area is 154 Å². The predicted octanol–water partition coefficient (Wildman–Crippen LogP) is 3.59. The summed E-state index contributed by atoms with van der Waals surface area (Å²) in [6, 6.07) is 13.3. The Balaban J connectivity index is 1.57. The van der Waals surface area contributed by atoms with Gasteiger partial charge in [0.2, 0.25) is 5.91 Å². The summed E-state index contributed by atoms with van der Waals surface area (Å²) in [5.74, 6) is -0.443. The number of halogens is 1. The van der Waals surface area contributed by atoms with Crippen LogP contribution < -0.4 is 10.2 Å². The first kappa shape index (κ1) is 18.4. The average molecular weight is 355 g/mol. The van der Waals surface area contributed by atoms with Crippen LogP contribution in [0.1, 0.15) is 18.1 Å². The van der Waals surface area contributed by atoms with Gasteiger partial charge in [0, 0.05) is 37.1 Å². The highest BCUT2D eigenvalue weighted by molar-refractivity contribution is 5.93. The van der Waals surface area contributed by atoms with E-state index in [9.17, 15) is 9.18 Å². The molecule has 0 saturated carbocycles. The lowest BCUT2D eigenvalue weighted by molar-refractivity contribution is -0.117. The van der Waals surface area contributed by atoms with Crippen LogP contribution >= 0.6 is 0 Å². The molecule has 5 heteroatoms. The first-order chi connectivity index (χ1) is 12.4. The topological polar surface area (TPSA) is 35.6 Å². The highest BCUT2D eigenvalue weighted by atomic mass is 19.1. The van der Waals surface area contributed by atoms with Crippen molar-refractivity contribution in [2.24, 2.45) is 0 Å². The molecule has 1 atom stereocenters. The van der Waals surface area contributed by atoms with Crippen molar-refractivity contribution in [3.8, 4) is 0 Å². The minimum atomic E-state index is -0.341. The first-order valence-corrected chi connectivity index (χ1v) is 9.04. The van der Waals surface area contributed by atoms with Crippen molar-refractivity contribution < 1.29 is 9.18 Å². The third-order valence-electron chi connectivity index (χ3n) is 4.89. The number of carbonyl (C=O) groups is 1. The summed E-state index contributed by atoms with van der Waals surface area (Å²) in [6.45, 7) is 9.00. The predicted molar refractivity (Wildman–Crippen MR) is 104 cm³/mol. The van der Waals surface area contributed by atoms with Crippen LogP contribution in [0, 0.1) is 19.7 Å². The van der Waals surface area contributed by atoms with Gasteiger partial charge < -0.3 is 10.2 Å². The van der Waals surface area contributed by atoms with Gasteiger partial charge in [-0.3, -0.25) is 9.69 Å². The van der Waals surface area contributed by atoms with Gasteiger partial charge in [-0.05, 0) is 56.2 Å². The SMILES string of the molecule is Cc1cccc(N2CCN(CC(=O)Nc3cc(F)ccc3C)C[C@@H]2C)c1. The summed E-state index contributed by atoms with van der Waals surface area (Å²) in [4.78, 5) is 16.9. The van der Waals surface area contributed by atoms with E-state index in [0.29, 0.717) is 18.3 Å². The molecule has 2 aromatic carbocycles. The van der Waals surface area contributed by atoms with Gasteiger partial charge in [-0.1, -0.05) is 18.2 Å². The zero-order valence-electron chi connectivity index (χ0n) is 15.6. The van der Waals surface area contributed by atoms with Crippen molar-refractivity contribution in [2.75, 3.05) is 36.4 Å². The van der Waals surface area contributed by atoms with Crippen LogP contribution in [0.4, 0.5) is 15.8 Å². The van der Waals surface area contributed by atoms with Crippen molar-refractivity contribution in [1.29, 1.82) is 0 Å². The Morgan fingerprint density at radius 3 is 2.73 bits per heavy atom. The Kier molecular flexibility index (Phi) is 5.57. The van der Waals surface area contributed by atoms with Crippen LogP contribution in [0.25, 0.3) is 0 Å². The Hall–Kier alpha value is -2.40. The maximum atomic E-state index is 13.4. The van der Waals surface area contributed by atoms with Crippen molar-refractivity contribution in [3.05, 3.63) is 59.4 Å². The third kappa shape index (κ3) is 4.41. The van der Waals surface area contributed by atoms with Crippen molar-refractivity contribution in [1.82, 2.24) is 4.90 Å². The number of benzene rings is 2. The number of hydrogen-bond acceptors (Lipinski definition) is 3. The first-order valence-electron chi connectivity index (χ1n) is 9.04. The van der Waals surface area contributed by atoms with E-state index in [1.807, 2.05) is 6.92 Å². The van der Waals surface area contributed by atoms with Crippen LogP contribution in [0.3, 0.4) is 0 Å². The van der Waals surface area contributed by atoms with Crippen LogP contribution in [0.15, 0.2) is 42.5 Å². The van der Waals surface area contributed by atoms with E-state index in [1.54, 1.807) is 6.07 Å². The second-order valence-electron chi connectivity index (χ2n) is 7.12. The standard InChI is InChI=1S/C21H26FN3O/c1-15-5-4-6-19(11-15)25-10-9-24(13-17(25)3)14-21(26)23-20-12-18(22)8-7-16(20)2/h4-8,11-12,17H,9-10,13-14H2,1-3H3,(H,23,26)/t17-/m0/s1. The summed E-state index contributed by atoms with van der Waals surface area (Å²) in [6.07, 6.45) is 0. The van der Waals surface area contributed by atoms with Crippen molar-refractivity contribution >= 4 is 17.3 Å². The summed E-state index contributed by atoms with van der Waals surface area (Å²) < 4.78 is 13.4. The molecule has 0 aliphatic carbocycles. The summed E-state index contributed by atoms with van der Waals surface area (Å²) in [7, 11) is 0. The number of nitrogens with zero attached hydrogens (tertiary/aromatic N) is 2. The largest absolute Gasteiger partial charge is 0.366 e. The molecular formula is C21H26FN3O. The van der Waals surface area contributed by atoms with Gasteiger partial charge in [-0.15, -0.1) is 0 Å². The Morgan fingerprint density at radius 2 is 2.00 bits per heavy atom. The number of amides is 1. The minimum absolute atomic E-state index is 0.102. The van der Waals surface area contributed by atoms with E-state index in [0.717, 1.165) is 25.2 Å². The molecule has 2 aromatic rings. The number of carbonyl (C=O) groups excluding carboxylic acids is 1. The Morgan fingerprint density at radius 1 is 1.19 bits per heavy atom. The van der Waals surface area contributed by atoms with Gasteiger partial charge >= 0.3 is 0 Å². The van der Waals surface area contributed by atoms with Gasteiger partial charge in [-0.25, -0.2) is 4.39 Å². The summed E-state index contributed by atoms with van der Waals surface area (Å²) in [5.41, 5.74) is 3.89. The quantitative estimate of drug-likeness (QED) is 0.910. The van der Waals surface area contributed by atoms with Crippen LogP contribution in [0.2, 0.25) is 0 Å². The molecule has 1 heterocycles. The molecule has 4 nitrogen and oxygen atoms in total. The number of aryl methyl sites for hydroxylation is 2. The number of nitrogens with one attached hydrogen (secondary N) is 1. The summed E-state index contributed by atoms with van der Waals surface area (Å²) >= 11 is 0. The van der Waals surface area contributed by atoms with Crippen molar-refractivity contribution in [2.45, 2.75) is 26.8 Å². The fourth-order valence-corrected chi connectivity index (χ4v) is 3.49. The molecule has 26 heavy (non-hydrogen) atoms. The van der Waals surface area contributed by atoms with Crippen molar-refractivity contribution in [3.63, 3.8) is 0 Å². The molecule has 1 N–H and O–H groups in total. The molecule has 1 amide bonds. The van der Waals surface area contributed by atoms with Crippen LogP contribution in [-0.4, -0.2) is 43.0 Å². The van der Waals surface area contributed by atoms with E-state index < -0.39 is 0 Å². The average Bonchev–Trinajstić information content (AvgIpc) is 2.58. The molecule has 1 aliphatic rings. The van der Waals surface area contributed by atoms with Gasteiger partial charge in [0.05, 0.1) is 6.54 Å². The molecule has 138 valence electrons. The second kappa shape index (κ2) is 7.87. The van der Waals surface area contributed by atoms with Crippen LogP contribution in [0.5, 0.6) is 0 Å².